The highest BCUT2D eigenvalue weighted by atomic mass is 35.5. The van der Waals surface area contributed by atoms with Gasteiger partial charge < -0.3 is 5.32 Å². The number of amides is 1. The Labute approximate surface area is 142 Å². The van der Waals surface area contributed by atoms with E-state index in [2.05, 4.69) is 16.1 Å². The molecule has 0 spiro atoms. The summed E-state index contributed by atoms with van der Waals surface area (Å²) in [5, 5.41) is 3.19. The van der Waals surface area contributed by atoms with Crippen LogP contribution in [0.25, 0.3) is 0 Å². The average molecular weight is 357 g/mol. The highest BCUT2D eigenvalue weighted by Gasteiger charge is 2.15. The van der Waals surface area contributed by atoms with Gasteiger partial charge in [-0.1, -0.05) is 23.3 Å². The first-order valence-corrected chi connectivity index (χ1v) is 9.53. The molecule has 1 aromatic carbocycles. The fraction of sp³-hybridized carbons (Fsp3) is 0.438. The van der Waals surface area contributed by atoms with Crippen LogP contribution in [0, 0.1) is 0 Å². The summed E-state index contributed by atoms with van der Waals surface area (Å²) in [5.41, 5.74) is 1.37. The van der Waals surface area contributed by atoms with E-state index in [9.17, 15) is 13.2 Å². The molecule has 5 nitrogen and oxygen atoms in total. The number of halogens is 1. The first-order chi connectivity index (χ1) is 11.0. The zero-order valence-electron chi connectivity index (χ0n) is 12.8. The molecule has 0 saturated heterocycles. The monoisotopic (exact) mass is 356 g/mol. The maximum atomic E-state index is 12.0. The zero-order chi connectivity index (χ0) is 16.7. The summed E-state index contributed by atoms with van der Waals surface area (Å²) < 4.78 is 26.3. The lowest BCUT2D eigenvalue weighted by molar-refractivity contribution is -0.119. The first kappa shape index (κ1) is 18.0. The molecule has 0 aromatic heterocycles. The van der Waals surface area contributed by atoms with Crippen molar-refractivity contribution in [2.24, 2.45) is 0 Å². The molecular weight excluding hydrogens is 336 g/mol. The number of sulfonamides is 1. The molecule has 0 saturated carbocycles. The molecular formula is C16H21ClN2O3S. The van der Waals surface area contributed by atoms with Crippen molar-refractivity contribution in [3.63, 3.8) is 0 Å². The van der Waals surface area contributed by atoms with E-state index in [-0.39, 0.29) is 17.3 Å². The van der Waals surface area contributed by atoms with Gasteiger partial charge >= 0.3 is 0 Å². The van der Waals surface area contributed by atoms with E-state index in [1.54, 1.807) is 0 Å². The van der Waals surface area contributed by atoms with Crippen molar-refractivity contribution < 1.29 is 13.2 Å². The van der Waals surface area contributed by atoms with Gasteiger partial charge in [0.05, 0.1) is 11.4 Å². The largest absolute Gasteiger partial charge is 0.355 e. The zero-order valence-corrected chi connectivity index (χ0v) is 14.4. The van der Waals surface area contributed by atoms with Crippen LogP contribution in [0.2, 0.25) is 5.02 Å². The maximum absolute atomic E-state index is 12.0. The van der Waals surface area contributed by atoms with Crippen molar-refractivity contribution >= 4 is 27.5 Å². The number of rotatable bonds is 7. The Morgan fingerprint density at radius 3 is 2.57 bits per heavy atom. The van der Waals surface area contributed by atoms with Crippen LogP contribution in [-0.2, 0) is 14.8 Å². The summed E-state index contributed by atoms with van der Waals surface area (Å²) in [6.45, 7) is 0.261. The van der Waals surface area contributed by atoms with Gasteiger partial charge in [-0.25, -0.2) is 13.1 Å². The van der Waals surface area contributed by atoms with Gasteiger partial charge in [0.2, 0.25) is 15.9 Å². The molecule has 0 unspecified atom stereocenters. The van der Waals surface area contributed by atoms with Crippen LogP contribution in [0.5, 0.6) is 0 Å². The summed E-state index contributed by atoms with van der Waals surface area (Å²) in [6.07, 6.45) is 7.72. The Kier molecular flexibility index (Phi) is 6.62. The molecule has 126 valence electrons. The van der Waals surface area contributed by atoms with Crippen molar-refractivity contribution in [2.75, 3.05) is 13.1 Å². The van der Waals surface area contributed by atoms with E-state index in [0.717, 1.165) is 19.3 Å². The van der Waals surface area contributed by atoms with E-state index >= 15 is 0 Å². The van der Waals surface area contributed by atoms with Crippen LogP contribution in [-0.4, -0.2) is 27.4 Å². The van der Waals surface area contributed by atoms with Gasteiger partial charge in [0.15, 0.2) is 0 Å². The molecule has 0 bridgehead atoms. The van der Waals surface area contributed by atoms with Gasteiger partial charge in [-0.2, -0.15) is 0 Å². The fourth-order valence-electron chi connectivity index (χ4n) is 2.41. The van der Waals surface area contributed by atoms with E-state index < -0.39 is 10.0 Å². The number of hydrogen-bond acceptors (Lipinski definition) is 3. The second-order valence-electron chi connectivity index (χ2n) is 5.49. The third-order valence-electron chi connectivity index (χ3n) is 3.70. The van der Waals surface area contributed by atoms with Crippen LogP contribution in [0.15, 0.2) is 40.8 Å². The smallest absolute Gasteiger partial charge is 0.241 e. The molecule has 0 fully saturated rings. The number of benzene rings is 1. The van der Waals surface area contributed by atoms with Crippen LogP contribution >= 0.6 is 11.6 Å². The minimum absolute atomic E-state index is 0.0852. The topological polar surface area (TPSA) is 75.3 Å². The van der Waals surface area contributed by atoms with Gasteiger partial charge in [0.1, 0.15) is 0 Å². The maximum Gasteiger partial charge on any atom is 0.241 e. The van der Waals surface area contributed by atoms with E-state index in [0.29, 0.717) is 11.6 Å². The van der Waals surface area contributed by atoms with Crippen molar-refractivity contribution in [1.29, 1.82) is 0 Å². The van der Waals surface area contributed by atoms with E-state index in [1.807, 2.05) is 0 Å². The third kappa shape index (κ3) is 5.97. The molecule has 2 N–H and O–H groups in total. The van der Waals surface area contributed by atoms with Crippen LogP contribution < -0.4 is 10.0 Å². The lowest BCUT2D eigenvalue weighted by Gasteiger charge is -2.13. The van der Waals surface area contributed by atoms with E-state index in [1.165, 1.54) is 42.7 Å². The SMILES string of the molecule is O=C(CNS(=O)(=O)c1ccc(Cl)cc1)NCCC1=CCCCC1. The van der Waals surface area contributed by atoms with Crippen molar-refractivity contribution in [2.45, 2.75) is 37.0 Å². The number of nitrogens with one attached hydrogen (secondary N) is 2. The summed E-state index contributed by atoms with van der Waals surface area (Å²) in [6, 6.07) is 5.79. The van der Waals surface area contributed by atoms with Crippen molar-refractivity contribution in [3.05, 3.63) is 40.9 Å². The molecule has 1 aliphatic carbocycles. The van der Waals surface area contributed by atoms with Gasteiger partial charge in [0, 0.05) is 11.6 Å². The predicted molar refractivity (Wildman–Crippen MR) is 90.8 cm³/mol. The normalized spacial score (nSPS) is 15.1. The summed E-state index contributed by atoms with van der Waals surface area (Å²) >= 11 is 5.73. The van der Waals surface area contributed by atoms with Crippen LogP contribution in [0.4, 0.5) is 0 Å². The summed E-state index contributed by atoms with van der Waals surface area (Å²) in [7, 11) is -3.70. The highest BCUT2D eigenvalue weighted by Crippen LogP contribution is 2.19. The lowest BCUT2D eigenvalue weighted by Crippen LogP contribution is -2.37. The summed E-state index contributed by atoms with van der Waals surface area (Å²) in [4.78, 5) is 11.8. The number of hydrogen-bond donors (Lipinski definition) is 2. The molecule has 23 heavy (non-hydrogen) atoms. The Morgan fingerprint density at radius 2 is 1.91 bits per heavy atom. The average Bonchev–Trinajstić information content (AvgIpc) is 2.54. The molecule has 1 aliphatic rings. The molecule has 1 amide bonds. The van der Waals surface area contributed by atoms with Gasteiger partial charge in [-0.15, -0.1) is 0 Å². The first-order valence-electron chi connectivity index (χ1n) is 7.67. The molecule has 0 heterocycles. The Morgan fingerprint density at radius 1 is 1.17 bits per heavy atom. The summed E-state index contributed by atoms with van der Waals surface area (Å²) in [5.74, 6) is -0.334. The Hall–Kier alpha value is -1.37. The molecule has 2 rings (SSSR count). The van der Waals surface area contributed by atoms with Crippen LogP contribution in [0.3, 0.4) is 0 Å². The van der Waals surface area contributed by atoms with Gasteiger partial charge in [-0.3, -0.25) is 4.79 Å². The quantitative estimate of drug-likeness (QED) is 0.737. The van der Waals surface area contributed by atoms with Crippen molar-refractivity contribution in [1.82, 2.24) is 10.0 Å². The minimum atomic E-state index is -3.70. The van der Waals surface area contributed by atoms with Crippen molar-refractivity contribution in [3.8, 4) is 0 Å². The predicted octanol–water partition coefficient (Wildman–Crippen LogP) is 2.63. The van der Waals surface area contributed by atoms with Gasteiger partial charge in [-0.05, 0) is 56.4 Å². The number of carbonyl (C=O) groups excluding carboxylic acids is 1. The molecule has 0 radical (unpaired) electrons. The molecule has 1 aromatic rings. The highest BCUT2D eigenvalue weighted by molar-refractivity contribution is 7.89. The molecule has 0 atom stereocenters. The minimum Gasteiger partial charge on any atom is -0.355 e. The number of carbonyl (C=O) groups is 1. The Balaban J connectivity index is 1.75. The fourth-order valence-corrected chi connectivity index (χ4v) is 3.52. The lowest BCUT2D eigenvalue weighted by atomic mass is 9.97. The third-order valence-corrected chi connectivity index (χ3v) is 5.37. The second kappa shape index (κ2) is 8.47. The Bertz CT molecular complexity index is 669. The van der Waals surface area contributed by atoms with Gasteiger partial charge in [0.25, 0.3) is 0 Å². The van der Waals surface area contributed by atoms with Crippen LogP contribution in [0.1, 0.15) is 32.1 Å². The van der Waals surface area contributed by atoms with E-state index in [4.69, 9.17) is 11.6 Å². The second-order valence-corrected chi connectivity index (χ2v) is 7.69. The standard InChI is InChI=1S/C16H21ClN2O3S/c17-14-6-8-15(9-7-14)23(21,22)19-12-16(20)18-11-10-13-4-2-1-3-5-13/h4,6-9,19H,1-3,5,10-12H2,(H,18,20). The molecule has 7 heteroatoms. The molecule has 0 aliphatic heterocycles. The number of allylic oxidation sites excluding steroid dienone is 1.